The van der Waals surface area contributed by atoms with E-state index in [2.05, 4.69) is 19.1 Å². The van der Waals surface area contributed by atoms with Gasteiger partial charge in [0.15, 0.2) is 0 Å². The number of aliphatic hydroxyl groups excluding tert-OH is 3. The second-order valence-electron chi connectivity index (χ2n) is 8.03. The molecule has 0 saturated carbocycles. The molecule has 1 saturated heterocycles. The maximum Gasteiger partial charge on any atom is 0.114 e. The number of hydrogen-bond donors (Lipinski definition) is 3. The van der Waals surface area contributed by atoms with Gasteiger partial charge in [-0.25, -0.2) is 0 Å². The molecule has 28 heavy (non-hydrogen) atoms. The fraction of sp³-hybridized carbons (Fsp3) is 0.913. The standard InChI is InChI=1S/C23H44O5/c1-2-3-4-5-6-7-8-9-10-11-12-13-14-15-16-17-27-23-21(26)19-28-22(23)20(25)18-24/h7-8,20-26H,2-6,9-19H2,1H3/b8-7+/t20-,21+,22-,23-/m0/s1. The Morgan fingerprint density at radius 1 is 0.929 bits per heavy atom. The van der Waals surface area contributed by atoms with Crippen LogP contribution in [0.25, 0.3) is 0 Å². The van der Waals surface area contributed by atoms with E-state index in [0.29, 0.717) is 6.61 Å². The highest BCUT2D eigenvalue weighted by Crippen LogP contribution is 2.21. The Balaban J connectivity index is 1.88. The lowest BCUT2D eigenvalue weighted by Gasteiger charge is -2.23. The van der Waals surface area contributed by atoms with Crippen LogP contribution in [0.2, 0.25) is 0 Å². The molecule has 0 spiro atoms. The zero-order chi connectivity index (χ0) is 20.5. The van der Waals surface area contributed by atoms with Crippen molar-refractivity contribution < 1.29 is 24.8 Å². The van der Waals surface area contributed by atoms with Crippen molar-refractivity contribution in [3.05, 3.63) is 12.2 Å². The van der Waals surface area contributed by atoms with Gasteiger partial charge in [-0.05, 0) is 32.1 Å². The van der Waals surface area contributed by atoms with Crippen LogP contribution in [0, 0.1) is 0 Å². The molecule has 0 aromatic heterocycles. The van der Waals surface area contributed by atoms with Crippen molar-refractivity contribution in [3.8, 4) is 0 Å². The highest BCUT2D eigenvalue weighted by atomic mass is 16.6. The van der Waals surface area contributed by atoms with Crippen molar-refractivity contribution in [2.45, 2.75) is 115 Å². The van der Waals surface area contributed by atoms with Gasteiger partial charge in [-0.15, -0.1) is 0 Å². The van der Waals surface area contributed by atoms with E-state index in [1.54, 1.807) is 0 Å². The molecule has 1 aliphatic rings. The van der Waals surface area contributed by atoms with Gasteiger partial charge in [0.25, 0.3) is 0 Å². The molecule has 0 radical (unpaired) electrons. The molecule has 0 amide bonds. The van der Waals surface area contributed by atoms with E-state index >= 15 is 0 Å². The minimum atomic E-state index is -1.00. The van der Waals surface area contributed by atoms with Crippen LogP contribution in [-0.4, -0.2) is 59.6 Å². The minimum absolute atomic E-state index is 0.153. The minimum Gasteiger partial charge on any atom is -0.394 e. The van der Waals surface area contributed by atoms with Gasteiger partial charge in [-0.2, -0.15) is 0 Å². The van der Waals surface area contributed by atoms with Crippen LogP contribution in [0.1, 0.15) is 90.4 Å². The molecular weight excluding hydrogens is 356 g/mol. The van der Waals surface area contributed by atoms with Crippen LogP contribution in [0.3, 0.4) is 0 Å². The van der Waals surface area contributed by atoms with Crippen molar-refractivity contribution in [1.29, 1.82) is 0 Å². The molecular formula is C23H44O5. The molecule has 0 bridgehead atoms. The van der Waals surface area contributed by atoms with Crippen LogP contribution in [0.15, 0.2) is 12.2 Å². The molecule has 0 unspecified atom stereocenters. The quantitative estimate of drug-likeness (QED) is 0.238. The van der Waals surface area contributed by atoms with Gasteiger partial charge in [0.1, 0.15) is 24.4 Å². The number of unbranched alkanes of at least 4 members (excludes halogenated alkanes) is 11. The Morgan fingerprint density at radius 2 is 1.50 bits per heavy atom. The average Bonchev–Trinajstić information content (AvgIpc) is 3.07. The maximum atomic E-state index is 9.88. The van der Waals surface area contributed by atoms with Crippen LogP contribution in [0.4, 0.5) is 0 Å². The molecule has 166 valence electrons. The molecule has 4 atom stereocenters. The number of hydrogen-bond acceptors (Lipinski definition) is 5. The number of rotatable bonds is 18. The lowest BCUT2D eigenvalue weighted by Crippen LogP contribution is -2.42. The molecule has 1 rings (SSSR count). The van der Waals surface area contributed by atoms with E-state index in [9.17, 15) is 10.2 Å². The number of allylic oxidation sites excluding steroid dienone is 2. The average molecular weight is 401 g/mol. The van der Waals surface area contributed by atoms with Gasteiger partial charge in [0.2, 0.25) is 0 Å². The second-order valence-corrected chi connectivity index (χ2v) is 8.03. The van der Waals surface area contributed by atoms with E-state index in [1.165, 1.54) is 70.6 Å². The van der Waals surface area contributed by atoms with E-state index in [4.69, 9.17) is 14.6 Å². The summed E-state index contributed by atoms with van der Waals surface area (Å²) in [5, 5.41) is 28.6. The first-order valence-corrected chi connectivity index (χ1v) is 11.6. The Kier molecular flexibility index (Phi) is 15.9. The van der Waals surface area contributed by atoms with Crippen LogP contribution >= 0.6 is 0 Å². The van der Waals surface area contributed by atoms with Crippen LogP contribution in [-0.2, 0) is 9.47 Å². The molecule has 0 aromatic carbocycles. The first kappa shape index (κ1) is 25.6. The molecule has 1 heterocycles. The number of aliphatic hydroxyl groups is 3. The summed E-state index contributed by atoms with van der Waals surface area (Å²) in [6.07, 6.45) is 18.1. The van der Waals surface area contributed by atoms with Crippen molar-refractivity contribution in [2.24, 2.45) is 0 Å². The van der Waals surface area contributed by atoms with Crippen molar-refractivity contribution >= 4 is 0 Å². The third kappa shape index (κ3) is 11.5. The Morgan fingerprint density at radius 3 is 2.11 bits per heavy atom. The smallest absolute Gasteiger partial charge is 0.114 e. The molecule has 0 aromatic rings. The summed E-state index contributed by atoms with van der Waals surface area (Å²) >= 11 is 0. The molecule has 1 aliphatic heterocycles. The van der Waals surface area contributed by atoms with Gasteiger partial charge in [-0.1, -0.05) is 70.4 Å². The van der Waals surface area contributed by atoms with Gasteiger partial charge in [-0.3, -0.25) is 0 Å². The normalized spacial score (nSPS) is 23.6. The SMILES string of the molecule is CCCCCC/C=C/CCCCCCCCCO[C@@H]1[C@H]([C@@H](O)CO)OC[C@H]1O. The van der Waals surface area contributed by atoms with Crippen molar-refractivity contribution in [3.63, 3.8) is 0 Å². The molecule has 5 heteroatoms. The summed E-state index contributed by atoms with van der Waals surface area (Å²) in [6.45, 7) is 2.58. The first-order valence-electron chi connectivity index (χ1n) is 11.6. The first-order chi connectivity index (χ1) is 13.7. The van der Waals surface area contributed by atoms with Gasteiger partial charge in [0, 0.05) is 6.61 Å². The lowest BCUT2D eigenvalue weighted by molar-refractivity contribution is -0.0938. The summed E-state index contributed by atoms with van der Waals surface area (Å²) in [5.74, 6) is 0. The Labute approximate surface area is 172 Å². The summed E-state index contributed by atoms with van der Waals surface area (Å²) in [5.41, 5.74) is 0. The van der Waals surface area contributed by atoms with E-state index in [1.807, 2.05) is 0 Å². The molecule has 3 N–H and O–H groups in total. The molecule has 0 aliphatic carbocycles. The summed E-state index contributed by atoms with van der Waals surface area (Å²) in [7, 11) is 0. The predicted molar refractivity (Wildman–Crippen MR) is 113 cm³/mol. The third-order valence-corrected chi connectivity index (χ3v) is 5.45. The summed E-state index contributed by atoms with van der Waals surface area (Å²) in [4.78, 5) is 0. The largest absolute Gasteiger partial charge is 0.394 e. The maximum absolute atomic E-state index is 9.88. The van der Waals surface area contributed by atoms with Gasteiger partial charge >= 0.3 is 0 Å². The highest BCUT2D eigenvalue weighted by molar-refractivity contribution is 4.89. The molecule has 5 nitrogen and oxygen atoms in total. The van der Waals surface area contributed by atoms with Gasteiger partial charge < -0.3 is 24.8 Å². The fourth-order valence-electron chi connectivity index (χ4n) is 3.65. The van der Waals surface area contributed by atoms with E-state index in [0.717, 1.165) is 12.8 Å². The van der Waals surface area contributed by atoms with Crippen LogP contribution < -0.4 is 0 Å². The Hall–Kier alpha value is -0.460. The summed E-state index contributed by atoms with van der Waals surface area (Å²) < 4.78 is 11.0. The second kappa shape index (κ2) is 17.4. The van der Waals surface area contributed by atoms with E-state index < -0.39 is 24.4 Å². The monoisotopic (exact) mass is 400 g/mol. The zero-order valence-electron chi connectivity index (χ0n) is 17.9. The zero-order valence-corrected chi connectivity index (χ0v) is 17.9. The summed E-state index contributed by atoms with van der Waals surface area (Å²) in [6, 6.07) is 0. The lowest BCUT2D eigenvalue weighted by atomic mass is 10.1. The topological polar surface area (TPSA) is 79.2 Å². The van der Waals surface area contributed by atoms with E-state index in [-0.39, 0.29) is 13.2 Å². The van der Waals surface area contributed by atoms with Crippen molar-refractivity contribution in [2.75, 3.05) is 19.8 Å². The fourth-order valence-corrected chi connectivity index (χ4v) is 3.65. The third-order valence-electron chi connectivity index (χ3n) is 5.45. The highest BCUT2D eigenvalue weighted by Gasteiger charge is 2.40. The van der Waals surface area contributed by atoms with Crippen LogP contribution in [0.5, 0.6) is 0 Å². The van der Waals surface area contributed by atoms with Gasteiger partial charge in [0.05, 0.1) is 13.2 Å². The predicted octanol–water partition coefficient (Wildman–Crippen LogP) is 4.13. The number of ether oxygens (including phenoxy) is 2. The molecule has 1 fully saturated rings. The van der Waals surface area contributed by atoms with Crippen molar-refractivity contribution in [1.82, 2.24) is 0 Å². The Bertz CT molecular complexity index is 374.